The SMILES string of the molecule is CCn1c(CO)nn(-c2cc(O[C@@H](C)C(F)(F)F)c3c(Nc4ccc(C#N)cc4C)nn(C)c3c2F)c1=O. The summed E-state index contributed by atoms with van der Waals surface area (Å²) in [6.07, 6.45) is -7.03. The van der Waals surface area contributed by atoms with Crippen LogP contribution in [0.25, 0.3) is 16.6 Å². The van der Waals surface area contributed by atoms with Crippen molar-refractivity contribution in [2.75, 3.05) is 5.32 Å². The second-order valence-corrected chi connectivity index (χ2v) is 8.48. The van der Waals surface area contributed by atoms with E-state index in [2.05, 4.69) is 15.5 Å². The van der Waals surface area contributed by atoms with Crippen molar-refractivity contribution in [2.45, 2.75) is 46.2 Å². The van der Waals surface area contributed by atoms with Crippen LogP contribution in [0.3, 0.4) is 0 Å². The molecule has 0 spiro atoms. The van der Waals surface area contributed by atoms with Crippen molar-refractivity contribution in [1.82, 2.24) is 24.1 Å². The first-order chi connectivity index (χ1) is 17.9. The van der Waals surface area contributed by atoms with Crippen LogP contribution < -0.4 is 15.7 Å². The predicted octanol–water partition coefficient (Wildman–Crippen LogP) is 3.83. The fraction of sp³-hybridized carbons (Fsp3) is 0.333. The summed E-state index contributed by atoms with van der Waals surface area (Å²) in [6.45, 7) is 3.64. The van der Waals surface area contributed by atoms with Gasteiger partial charge in [-0.15, -0.1) is 5.10 Å². The molecule has 14 heteroatoms. The Bertz CT molecular complexity index is 1630. The minimum Gasteiger partial charge on any atom is -0.480 e. The molecule has 0 aliphatic rings. The molecular formula is C24H23F4N7O3. The van der Waals surface area contributed by atoms with Gasteiger partial charge in [-0.1, -0.05) is 0 Å². The summed E-state index contributed by atoms with van der Waals surface area (Å²) in [7, 11) is 1.38. The third-order valence-electron chi connectivity index (χ3n) is 5.99. The number of ether oxygens (including phenoxy) is 1. The minimum atomic E-state index is -4.74. The van der Waals surface area contributed by atoms with Crippen LogP contribution in [0.15, 0.2) is 29.1 Å². The highest BCUT2D eigenvalue weighted by atomic mass is 19.4. The van der Waals surface area contributed by atoms with Gasteiger partial charge in [-0.3, -0.25) is 9.25 Å². The molecule has 2 aromatic carbocycles. The number of hydrogen-bond acceptors (Lipinski definition) is 7. The minimum absolute atomic E-state index is 0.00684. The van der Waals surface area contributed by atoms with Gasteiger partial charge in [-0.25, -0.2) is 9.18 Å². The molecular weight excluding hydrogens is 510 g/mol. The molecule has 0 saturated heterocycles. The number of aliphatic hydroxyl groups excluding tert-OH is 1. The first kappa shape index (κ1) is 26.7. The highest BCUT2D eigenvalue weighted by Gasteiger charge is 2.39. The molecule has 0 bridgehead atoms. The molecule has 0 aliphatic heterocycles. The van der Waals surface area contributed by atoms with Crippen LogP contribution >= 0.6 is 0 Å². The first-order valence-electron chi connectivity index (χ1n) is 11.4. The Hall–Kier alpha value is -4.38. The van der Waals surface area contributed by atoms with Gasteiger partial charge in [0.05, 0.1) is 17.0 Å². The first-order valence-corrected chi connectivity index (χ1v) is 11.4. The van der Waals surface area contributed by atoms with Crippen molar-refractivity contribution in [3.05, 3.63) is 57.5 Å². The van der Waals surface area contributed by atoms with Crippen LogP contribution in [0, 0.1) is 24.1 Å². The number of aliphatic hydroxyl groups is 1. The molecule has 0 fully saturated rings. The fourth-order valence-electron chi connectivity index (χ4n) is 4.01. The highest BCUT2D eigenvalue weighted by molar-refractivity contribution is 5.99. The van der Waals surface area contributed by atoms with Gasteiger partial charge in [-0.05, 0) is 44.5 Å². The van der Waals surface area contributed by atoms with E-state index >= 15 is 4.39 Å². The third kappa shape index (κ3) is 4.56. The predicted molar refractivity (Wildman–Crippen MR) is 129 cm³/mol. The molecule has 0 saturated carbocycles. The van der Waals surface area contributed by atoms with Crippen molar-refractivity contribution < 1.29 is 27.4 Å². The Labute approximate surface area is 213 Å². The summed E-state index contributed by atoms with van der Waals surface area (Å²) >= 11 is 0. The third-order valence-corrected chi connectivity index (χ3v) is 5.99. The summed E-state index contributed by atoms with van der Waals surface area (Å²) < 4.78 is 64.5. The van der Waals surface area contributed by atoms with Gasteiger partial charge in [0.25, 0.3) is 0 Å². The molecule has 10 nitrogen and oxygen atoms in total. The van der Waals surface area contributed by atoms with Crippen LogP contribution in [0.1, 0.15) is 30.8 Å². The molecule has 0 amide bonds. The molecule has 1 atom stereocenters. The number of aromatic nitrogens is 5. The zero-order valence-corrected chi connectivity index (χ0v) is 20.8. The van der Waals surface area contributed by atoms with Crippen LogP contribution in [-0.2, 0) is 20.2 Å². The van der Waals surface area contributed by atoms with E-state index in [0.29, 0.717) is 21.5 Å². The summed E-state index contributed by atoms with van der Waals surface area (Å²) in [5.74, 6) is -1.44. The number of hydrogen-bond donors (Lipinski definition) is 2. The van der Waals surface area contributed by atoms with E-state index in [0.717, 1.165) is 22.2 Å². The van der Waals surface area contributed by atoms with Crippen LogP contribution in [-0.4, -0.2) is 41.5 Å². The van der Waals surface area contributed by atoms with Crippen LogP contribution in [0.2, 0.25) is 0 Å². The van der Waals surface area contributed by atoms with Gasteiger partial charge in [0, 0.05) is 25.3 Å². The number of benzene rings is 2. The number of rotatable bonds is 7. The summed E-state index contributed by atoms with van der Waals surface area (Å²) in [5.41, 5.74) is 0.00491. The summed E-state index contributed by atoms with van der Waals surface area (Å²) in [4.78, 5) is 12.9. The lowest BCUT2D eigenvalue weighted by Gasteiger charge is -2.19. The molecule has 0 radical (unpaired) electrons. The van der Waals surface area contributed by atoms with Gasteiger partial charge >= 0.3 is 11.9 Å². The normalized spacial score (nSPS) is 12.5. The van der Waals surface area contributed by atoms with Crippen LogP contribution in [0.4, 0.5) is 29.1 Å². The number of nitrogens with one attached hydrogen (secondary N) is 1. The van der Waals surface area contributed by atoms with Gasteiger partial charge < -0.3 is 15.2 Å². The highest BCUT2D eigenvalue weighted by Crippen LogP contribution is 2.40. The second-order valence-electron chi connectivity index (χ2n) is 8.48. The monoisotopic (exact) mass is 533 g/mol. The Morgan fingerprint density at radius 1 is 1.26 bits per heavy atom. The molecule has 0 unspecified atom stereocenters. The quantitative estimate of drug-likeness (QED) is 0.346. The molecule has 38 heavy (non-hydrogen) atoms. The summed E-state index contributed by atoms with van der Waals surface area (Å²) in [5, 5.41) is 29.8. The lowest BCUT2D eigenvalue weighted by atomic mass is 10.1. The Balaban J connectivity index is 1.98. The molecule has 2 aromatic heterocycles. The molecule has 2 heterocycles. The molecule has 4 rings (SSSR count). The van der Waals surface area contributed by atoms with E-state index in [-0.39, 0.29) is 29.1 Å². The molecule has 4 aromatic rings. The number of alkyl halides is 3. The topological polar surface area (TPSA) is 123 Å². The van der Waals surface area contributed by atoms with Crippen molar-refractivity contribution in [3.8, 4) is 17.5 Å². The molecule has 200 valence electrons. The molecule has 2 N–H and O–H groups in total. The van der Waals surface area contributed by atoms with E-state index in [1.54, 1.807) is 26.0 Å². The lowest BCUT2D eigenvalue weighted by Crippen LogP contribution is -2.31. The largest absolute Gasteiger partial charge is 0.480 e. The van der Waals surface area contributed by atoms with Gasteiger partial charge in [0.2, 0.25) is 0 Å². The second kappa shape index (κ2) is 9.82. The number of anilines is 2. The Kier molecular flexibility index (Phi) is 6.90. The Morgan fingerprint density at radius 2 is 1.97 bits per heavy atom. The fourth-order valence-corrected chi connectivity index (χ4v) is 4.01. The number of halogens is 4. The number of fused-ring (bicyclic) bond motifs is 1. The maximum Gasteiger partial charge on any atom is 0.425 e. The van der Waals surface area contributed by atoms with Gasteiger partial charge in [0.1, 0.15) is 23.6 Å². The zero-order chi connectivity index (χ0) is 27.9. The lowest BCUT2D eigenvalue weighted by molar-refractivity contribution is -0.188. The van der Waals surface area contributed by atoms with Crippen LogP contribution in [0.5, 0.6) is 5.75 Å². The smallest absolute Gasteiger partial charge is 0.425 e. The maximum absolute atomic E-state index is 16.0. The van der Waals surface area contributed by atoms with Gasteiger partial charge in [-0.2, -0.15) is 28.2 Å². The zero-order valence-electron chi connectivity index (χ0n) is 20.8. The number of nitriles is 1. The average Bonchev–Trinajstić information content (AvgIpc) is 3.37. The average molecular weight is 533 g/mol. The number of aryl methyl sites for hydroxylation is 2. The van der Waals surface area contributed by atoms with Crippen molar-refractivity contribution >= 4 is 22.4 Å². The number of nitrogens with zero attached hydrogens (tertiary/aromatic N) is 6. The Morgan fingerprint density at radius 3 is 2.53 bits per heavy atom. The van der Waals surface area contributed by atoms with Crippen molar-refractivity contribution in [2.24, 2.45) is 7.05 Å². The van der Waals surface area contributed by atoms with Crippen molar-refractivity contribution in [1.29, 1.82) is 5.26 Å². The maximum atomic E-state index is 16.0. The van der Waals surface area contributed by atoms with Gasteiger partial charge in [0.15, 0.2) is 23.6 Å². The summed E-state index contributed by atoms with van der Waals surface area (Å²) in [6, 6.07) is 7.69. The van der Waals surface area contributed by atoms with Crippen molar-refractivity contribution in [3.63, 3.8) is 0 Å². The van der Waals surface area contributed by atoms with E-state index in [1.165, 1.54) is 13.1 Å². The van der Waals surface area contributed by atoms with E-state index in [9.17, 15) is 23.1 Å². The van der Waals surface area contributed by atoms with E-state index in [4.69, 9.17) is 10.00 Å². The van der Waals surface area contributed by atoms with E-state index in [1.807, 2.05) is 6.07 Å². The van der Waals surface area contributed by atoms with E-state index < -0.39 is 41.8 Å². The standard InChI is InChI=1S/C24H23F4N7O3/c1-5-34-18(11-36)31-35(23(34)37)16-9-17(38-13(3)24(26,27)28)19-21(20(16)25)33(4)32-22(19)30-15-7-6-14(10-29)8-12(15)2/h6-9,13,36H,5,11H2,1-4H3,(H,30,32)/t13-/m0/s1. The molecule has 0 aliphatic carbocycles.